The molecule has 6 nitrogen and oxygen atoms in total. The molecule has 0 aliphatic heterocycles. The molecule has 23 heavy (non-hydrogen) atoms. The molecule has 0 spiro atoms. The van der Waals surface area contributed by atoms with Crippen molar-refractivity contribution in [3.05, 3.63) is 55.3 Å². The van der Waals surface area contributed by atoms with Crippen LogP contribution >= 0.6 is 7.82 Å². The molecular formula is C16H21N2O4P. The number of nitrogens with zero attached hydrogens (tertiary/aromatic N) is 1. The SMILES string of the molecule is C=CCN(CC=C)CCc1c[nH]c2ccc(OP(=O)(O)O)cc12. The monoisotopic (exact) mass is 336 g/mol. The van der Waals surface area contributed by atoms with E-state index in [0.29, 0.717) is 0 Å². The highest BCUT2D eigenvalue weighted by Crippen LogP contribution is 2.38. The Morgan fingerprint density at radius 3 is 2.57 bits per heavy atom. The van der Waals surface area contributed by atoms with Gasteiger partial charge in [0.05, 0.1) is 0 Å². The first-order chi connectivity index (χ1) is 10.9. The summed E-state index contributed by atoms with van der Waals surface area (Å²) in [6.45, 7) is 9.89. The third-order valence-electron chi connectivity index (χ3n) is 3.44. The molecule has 0 saturated carbocycles. The Balaban J connectivity index is 2.17. The molecule has 0 bridgehead atoms. The highest BCUT2D eigenvalue weighted by Gasteiger charge is 2.16. The summed E-state index contributed by atoms with van der Waals surface area (Å²) in [6, 6.07) is 4.92. The van der Waals surface area contributed by atoms with Gasteiger partial charge in [0.2, 0.25) is 0 Å². The Hall–Kier alpha value is -1.85. The molecule has 2 rings (SSSR count). The van der Waals surface area contributed by atoms with Crippen LogP contribution in [0.15, 0.2) is 49.7 Å². The summed E-state index contributed by atoms with van der Waals surface area (Å²) >= 11 is 0. The van der Waals surface area contributed by atoms with Gasteiger partial charge in [-0.25, -0.2) is 4.57 Å². The Morgan fingerprint density at radius 2 is 1.96 bits per heavy atom. The van der Waals surface area contributed by atoms with Gasteiger partial charge in [-0.3, -0.25) is 14.7 Å². The second-order valence-electron chi connectivity index (χ2n) is 5.19. The molecule has 0 radical (unpaired) electrons. The van der Waals surface area contributed by atoms with Crippen molar-refractivity contribution >= 4 is 18.7 Å². The molecule has 0 saturated heterocycles. The van der Waals surface area contributed by atoms with E-state index in [9.17, 15) is 4.57 Å². The van der Waals surface area contributed by atoms with Gasteiger partial charge in [-0.1, -0.05) is 12.2 Å². The van der Waals surface area contributed by atoms with E-state index in [1.54, 1.807) is 12.1 Å². The summed E-state index contributed by atoms with van der Waals surface area (Å²) in [5.41, 5.74) is 1.96. The minimum Gasteiger partial charge on any atom is -0.404 e. The topological polar surface area (TPSA) is 85.8 Å². The fraction of sp³-hybridized carbons (Fsp3) is 0.250. The number of phosphoric ester groups is 1. The molecule has 7 heteroatoms. The van der Waals surface area contributed by atoms with Crippen LogP contribution in [-0.2, 0) is 11.0 Å². The van der Waals surface area contributed by atoms with Crippen molar-refractivity contribution in [3.63, 3.8) is 0 Å². The summed E-state index contributed by atoms with van der Waals surface area (Å²) < 4.78 is 15.6. The molecule has 1 aromatic carbocycles. The highest BCUT2D eigenvalue weighted by atomic mass is 31.2. The normalized spacial score (nSPS) is 11.8. The van der Waals surface area contributed by atoms with Gasteiger partial charge < -0.3 is 9.51 Å². The molecule has 124 valence electrons. The van der Waals surface area contributed by atoms with Crippen molar-refractivity contribution in [2.45, 2.75) is 6.42 Å². The van der Waals surface area contributed by atoms with E-state index in [2.05, 4.69) is 27.6 Å². The van der Waals surface area contributed by atoms with Crippen LogP contribution in [0.1, 0.15) is 5.56 Å². The maximum atomic E-state index is 11.0. The number of benzene rings is 1. The molecule has 1 aromatic heterocycles. The molecule has 0 atom stereocenters. The summed E-state index contributed by atoms with van der Waals surface area (Å²) in [4.78, 5) is 23.2. The van der Waals surface area contributed by atoms with E-state index < -0.39 is 7.82 Å². The van der Waals surface area contributed by atoms with E-state index >= 15 is 0 Å². The van der Waals surface area contributed by atoms with Crippen LogP contribution in [0.5, 0.6) is 5.75 Å². The predicted molar refractivity (Wildman–Crippen MR) is 91.5 cm³/mol. The quantitative estimate of drug-likeness (QED) is 0.484. The largest absolute Gasteiger partial charge is 0.524 e. The van der Waals surface area contributed by atoms with Gasteiger partial charge in [-0.05, 0) is 30.2 Å². The van der Waals surface area contributed by atoms with Crippen LogP contribution in [0.4, 0.5) is 0 Å². The van der Waals surface area contributed by atoms with E-state index in [1.165, 1.54) is 6.07 Å². The molecule has 2 aromatic rings. The number of phosphoric acid groups is 1. The number of hydrogen-bond acceptors (Lipinski definition) is 3. The van der Waals surface area contributed by atoms with Crippen molar-refractivity contribution in [1.82, 2.24) is 9.88 Å². The Morgan fingerprint density at radius 1 is 1.26 bits per heavy atom. The molecule has 0 amide bonds. The third kappa shape index (κ3) is 5.08. The predicted octanol–water partition coefficient (Wildman–Crippen LogP) is 2.86. The lowest BCUT2D eigenvalue weighted by Crippen LogP contribution is -2.26. The Kier molecular flexibility index (Phi) is 5.80. The first-order valence-electron chi connectivity index (χ1n) is 7.22. The number of fused-ring (bicyclic) bond motifs is 1. The average Bonchev–Trinajstić information content (AvgIpc) is 2.86. The van der Waals surface area contributed by atoms with Gasteiger partial charge in [0.25, 0.3) is 0 Å². The Labute approximate surface area is 135 Å². The van der Waals surface area contributed by atoms with Crippen LogP contribution < -0.4 is 4.52 Å². The van der Waals surface area contributed by atoms with Crippen LogP contribution in [0, 0.1) is 0 Å². The van der Waals surface area contributed by atoms with Crippen molar-refractivity contribution in [2.24, 2.45) is 0 Å². The van der Waals surface area contributed by atoms with Crippen molar-refractivity contribution in [3.8, 4) is 5.75 Å². The third-order valence-corrected chi connectivity index (χ3v) is 3.88. The zero-order chi connectivity index (χ0) is 16.9. The van der Waals surface area contributed by atoms with E-state index in [0.717, 1.165) is 42.5 Å². The van der Waals surface area contributed by atoms with Crippen molar-refractivity contribution < 1.29 is 18.9 Å². The minimum atomic E-state index is -4.55. The molecule has 0 aliphatic carbocycles. The number of nitrogens with one attached hydrogen (secondary N) is 1. The van der Waals surface area contributed by atoms with E-state index in [4.69, 9.17) is 9.79 Å². The second-order valence-corrected chi connectivity index (χ2v) is 6.35. The number of aromatic nitrogens is 1. The van der Waals surface area contributed by atoms with Gasteiger partial charge in [0, 0.05) is 36.7 Å². The lowest BCUT2D eigenvalue weighted by atomic mass is 10.1. The van der Waals surface area contributed by atoms with Crippen LogP contribution in [0.25, 0.3) is 10.9 Å². The van der Waals surface area contributed by atoms with Crippen molar-refractivity contribution in [1.29, 1.82) is 0 Å². The first-order valence-corrected chi connectivity index (χ1v) is 8.75. The summed E-state index contributed by atoms with van der Waals surface area (Å²) in [6.07, 6.45) is 6.41. The maximum absolute atomic E-state index is 11.0. The molecule has 3 N–H and O–H groups in total. The second kappa shape index (κ2) is 7.62. The molecule has 0 fully saturated rings. The summed E-state index contributed by atoms with van der Waals surface area (Å²) in [5.74, 6) is 0.153. The fourth-order valence-electron chi connectivity index (χ4n) is 2.46. The standard InChI is InChI=1S/C16H21N2O4P/c1-3-8-18(9-4-2)10-7-13-12-17-16-6-5-14(11-15(13)16)22-23(19,20)21/h3-6,11-12,17H,1-2,7-10H2,(H2,19,20,21). The lowest BCUT2D eigenvalue weighted by Gasteiger charge is -2.18. The molecular weight excluding hydrogens is 315 g/mol. The molecule has 1 heterocycles. The molecule has 0 aliphatic rings. The summed E-state index contributed by atoms with van der Waals surface area (Å²) in [5, 5.41) is 0.896. The van der Waals surface area contributed by atoms with Crippen LogP contribution in [0.3, 0.4) is 0 Å². The number of hydrogen-bond donors (Lipinski definition) is 3. The number of aromatic amines is 1. The smallest absolute Gasteiger partial charge is 0.404 e. The number of rotatable bonds is 9. The maximum Gasteiger partial charge on any atom is 0.524 e. The van der Waals surface area contributed by atoms with Crippen LogP contribution in [0.2, 0.25) is 0 Å². The van der Waals surface area contributed by atoms with Gasteiger partial charge in [-0.2, -0.15) is 0 Å². The lowest BCUT2D eigenvalue weighted by molar-refractivity contribution is 0.283. The van der Waals surface area contributed by atoms with E-state index in [1.807, 2.05) is 18.3 Å². The first kappa shape index (κ1) is 17.5. The average molecular weight is 336 g/mol. The number of H-pyrrole nitrogens is 1. The minimum absolute atomic E-state index is 0.153. The fourth-order valence-corrected chi connectivity index (χ4v) is 2.85. The van der Waals surface area contributed by atoms with Gasteiger partial charge >= 0.3 is 7.82 Å². The van der Waals surface area contributed by atoms with Gasteiger partial charge in [-0.15, -0.1) is 13.2 Å². The van der Waals surface area contributed by atoms with Crippen LogP contribution in [-0.4, -0.2) is 39.3 Å². The highest BCUT2D eigenvalue weighted by molar-refractivity contribution is 7.46. The zero-order valence-electron chi connectivity index (χ0n) is 12.8. The summed E-state index contributed by atoms with van der Waals surface area (Å²) in [7, 11) is -4.55. The van der Waals surface area contributed by atoms with Gasteiger partial charge in [0.1, 0.15) is 5.75 Å². The molecule has 0 unspecified atom stereocenters. The van der Waals surface area contributed by atoms with Crippen molar-refractivity contribution in [2.75, 3.05) is 19.6 Å². The zero-order valence-corrected chi connectivity index (χ0v) is 13.7. The van der Waals surface area contributed by atoms with Gasteiger partial charge in [0.15, 0.2) is 0 Å². The van der Waals surface area contributed by atoms with E-state index in [-0.39, 0.29) is 5.75 Å². The Bertz CT molecular complexity index is 725.